The summed E-state index contributed by atoms with van der Waals surface area (Å²) < 4.78 is 7.49. The Kier molecular flexibility index (Phi) is 4.13. The molecule has 0 radical (unpaired) electrons. The van der Waals surface area contributed by atoms with Crippen LogP contribution in [0.15, 0.2) is 47.2 Å². The molecule has 74 valence electrons. The molecule has 14 heavy (non-hydrogen) atoms. The van der Waals surface area contributed by atoms with Crippen molar-refractivity contribution < 1.29 is 33.0 Å². The van der Waals surface area contributed by atoms with Crippen LogP contribution in [-0.2, 0) is 6.54 Å². The van der Waals surface area contributed by atoms with E-state index in [0.717, 1.165) is 18.0 Å². The molecule has 0 N–H and O–H groups in total. The quantitative estimate of drug-likeness (QED) is 0.527. The van der Waals surface area contributed by atoms with Crippen molar-refractivity contribution in [2.24, 2.45) is 0 Å². The van der Waals surface area contributed by atoms with Crippen LogP contribution in [0, 0.1) is 0 Å². The molecule has 0 fully saturated rings. The summed E-state index contributed by atoms with van der Waals surface area (Å²) >= 11 is 0. The van der Waals surface area contributed by atoms with Crippen molar-refractivity contribution in [3.8, 4) is 11.5 Å². The molecule has 0 saturated heterocycles. The molecule has 2 nitrogen and oxygen atoms in total. The highest BCUT2D eigenvalue weighted by Gasteiger charge is 2.11. The Balaban J connectivity index is 0.000000980. The van der Waals surface area contributed by atoms with Gasteiger partial charge in [0.15, 0.2) is 12.0 Å². The van der Waals surface area contributed by atoms with Gasteiger partial charge in [0, 0.05) is 12.1 Å². The van der Waals surface area contributed by atoms with Crippen LogP contribution in [0.2, 0.25) is 0 Å². The van der Waals surface area contributed by atoms with Crippen molar-refractivity contribution in [3.63, 3.8) is 0 Å². The number of nitrogens with zero attached hydrogens (tertiary/aromatic N) is 1. The summed E-state index contributed by atoms with van der Waals surface area (Å²) in [6.07, 6.45) is 3.75. The fourth-order valence-electron chi connectivity index (χ4n) is 1.40. The molecule has 2 aromatic rings. The Bertz CT molecular complexity index is 384. The minimum atomic E-state index is 0. The highest BCUT2D eigenvalue weighted by atomic mass is 127. The first kappa shape index (κ1) is 11.2. The maximum Gasteiger partial charge on any atom is 0.248 e. The third-order valence-electron chi connectivity index (χ3n) is 2.05. The second-order valence-electron chi connectivity index (χ2n) is 2.85. The molecule has 0 aliphatic heterocycles. The smallest absolute Gasteiger partial charge is 0.248 e. The molecule has 0 amide bonds. The van der Waals surface area contributed by atoms with Crippen LogP contribution in [0.4, 0.5) is 0 Å². The van der Waals surface area contributed by atoms with Crippen LogP contribution >= 0.6 is 0 Å². The zero-order valence-corrected chi connectivity index (χ0v) is 10.1. The van der Waals surface area contributed by atoms with Gasteiger partial charge in [-0.1, -0.05) is 0 Å². The van der Waals surface area contributed by atoms with Crippen LogP contribution in [0.3, 0.4) is 0 Å². The van der Waals surface area contributed by atoms with Gasteiger partial charge in [-0.15, -0.1) is 0 Å². The van der Waals surface area contributed by atoms with E-state index in [9.17, 15) is 0 Å². The largest absolute Gasteiger partial charge is 1.00 e. The Hall–Kier alpha value is -0.840. The summed E-state index contributed by atoms with van der Waals surface area (Å²) in [6.45, 7) is 3.07. The standard InChI is InChI=1S/C11H12NO.HI/c1-2-12-8-4-3-6-10(12)11-7-5-9-13-11;/h3-9H,2H2,1H3;1H/q+1;/p-1. The predicted molar refractivity (Wildman–Crippen MR) is 50.0 cm³/mol. The summed E-state index contributed by atoms with van der Waals surface area (Å²) in [4.78, 5) is 0. The normalized spacial score (nSPS) is 9.50. The number of aryl methyl sites for hydroxylation is 1. The average Bonchev–Trinajstić information content (AvgIpc) is 2.70. The van der Waals surface area contributed by atoms with E-state index in [-0.39, 0.29) is 24.0 Å². The number of hydrogen-bond donors (Lipinski definition) is 0. The van der Waals surface area contributed by atoms with Gasteiger partial charge in [0.05, 0.1) is 6.26 Å². The van der Waals surface area contributed by atoms with Crippen LogP contribution < -0.4 is 28.5 Å². The average molecular weight is 301 g/mol. The van der Waals surface area contributed by atoms with E-state index in [1.54, 1.807) is 6.26 Å². The summed E-state index contributed by atoms with van der Waals surface area (Å²) in [5.74, 6) is 0.919. The van der Waals surface area contributed by atoms with Gasteiger partial charge in [-0.3, -0.25) is 0 Å². The molecule has 2 rings (SSSR count). The van der Waals surface area contributed by atoms with Crippen LogP contribution in [-0.4, -0.2) is 0 Å². The minimum Gasteiger partial charge on any atom is -1.00 e. The number of rotatable bonds is 2. The molecular weight excluding hydrogens is 289 g/mol. The van der Waals surface area contributed by atoms with Crippen molar-refractivity contribution in [1.82, 2.24) is 0 Å². The van der Waals surface area contributed by atoms with Crippen molar-refractivity contribution in [1.29, 1.82) is 0 Å². The van der Waals surface area contributed by atoms with Crippen molar-refractivity contribution in [3.05, 3.63) is 42.8 Å². The summed E-state index contributed by atoms with van der Waals surface area (Å²) in [6, 6.07) is 9.98. The van der Waals surface area contributed by atoms with Crippen LogP contribution in [0.5, 0.6) is 0 Å². The summed E-state index contributed by atoms with van der Waals surface area (Å²) in [5, 5.41) is 0. The maximum absolute atomic E-state index is 5.34. The SMILES string of the molecule is CC[n+]1ccccc1-c1ccco1.[I-]. The van der Waals surface area contributed by atoms with Gasteiger partial charge in [-0.25, -0.2) is 0 Å². The third-order valence-corrected chi connectivity index (χ3v) is 2.05. The van der Waals surface area contributed by atoms with Gasteiger partial charge in [-0.05, 0) is 25.1 Å². The fourth-order valence-corrected chi connectivity index (χ4v) is 1.40. The monoisotopic (exact) mass is 301 g/mol. The first-order valence-corrected chi connectivity index (χ1v) is 4.44. The minimum absolute atomic E-state index is 0. The highest BCUT2D eigenvalue weighted by molar-refractivity contribution is 5.47. The van der Waals surface area contributed by atoms with Gasteiger partial charge in [-0.2, -0.15) is 4.57 Å². The van der Waals surface area contributed by atoms with E-state index < -0.39 is 0 Å². The van der Waals surface area contributed by atoms with Gasteiger partial charge in [0.1, 0.15) is 6.54 Å². The third kappa shape index (κ3) is 2.15. The molecule has 0 saturated carbocycles. The topological polar surface area (TPSA) is 17.0 Å². The molecule has 0 aliphatic rings. The Labute approximate surface area is 101 Å². The van der Waals surface area contributed by atoms with E-state index >= 15 is 0 Å². The second kappa shape index (κ2) is 5.14. The van der Waals surface area contributed by atoms with Gasteiger partial charge < -0.3 is 28.4 Å². The predicted octanol–water partition coefficient (Wildman–Crippen LogP) is -0.742. The number of pyridine rings is 1. The zero-order chi connectivity index (χ0) is 9.10. The lowest BCUT2D eigenvalue weighted by Crippen LogP contribution is -3.00. The number of aromatic nitrogens is 1. The lowest BCUT2D eigenvalue weighted by molar-refractivity contribution is -0.683. The van der Waals surface area contributed by atoms with Crippen molar-refractivity contribution >= 4 is 0 Å². The summed E-state index contributed by atoms with van der Waals surface area (Å²) in [7, 11) is 0. The molecule has 0 aromatic carbocycles. The molecule has 2 aromatic heterocycles. The highest BCUT2D eigenvalue weighted by Crippen LogP contribution is 2.14. The Morgan fingerprint density at radius 2 is 2.07 bits per heavy atom. The lowest BCUT2D eigenvalue weighted by Gasteiger charge is -1.97. The molecule has 0 unspecified atom stereocenters. The van der Waals surface area contributed by atoms with E-state index in [2.05, 4.69) is 23.8 Å². The molecular formula is C11H12INO. The molecule has 3 heteroatoms. The molecule has 0 aliphatic carbocycles. The van der Waals surface area contributed by atoms with Crippen LogP contribution in [0.1, 0.15) is 6.92 Å². The fraction of sp³-hybridized carbons (Fsp3) is 0.182. The lowest BCUT2D eigenvalue weighted by atomic mass is 10.3. The first-order chi connectivity index (χ1) is 6.42. The van der Waals surface area contributed by atoms with Crippen molar-refractivity contribution in [2.45, 2.75) is 13.5 Å². The number of hydrogen-bond acceptors (Lipinski definition) is 1. The zero-order valence-electron chi connectivity index (χ0n) is 7.98. The Morgan fingerprint density at radius 1 is 1.21 bits per heavy atom. The van der Waals surface area contributed by atoms with Gasteiger partial charge in [0.25, 0.3) is 0 Å². The summed E-state index contributed by atoms with van der Waals surface area (Å²) in [5.41, 5.74) is 1.12. The first-order valence-electron chi connectivity index (χ1n) is 4.44. The molecule has 0 atom stereocenters. The van der Waals surface area contributed by atoms with E-state index in [1.165, 1.54) is 0 Å². The van der Waals surface area contributed by atoms with Crippen molar-refractivity contribution in [2.75, 3.05) is 0 Å². The van der Waals surface area contributed by atoms with Gasteiger partial charge in [0.2, 0.25) is 5.69 Å². The second-order valence-corrected chi connectivity index (χ2v) is 2.85. The van der Waals surface area contributed by atoms with E-state index in [1.807, 2.05) is 24.3 Å². The number of furan rings is 1. The Morgan fingerprint density at radius 3 is 2.71 bits per heavy atom. The van der Waals surface area contributed by atoms with E-state index in [4.69, 9.17) is 4.42 Å². The number of halogens is 1. The molecule has 2 heterocycles. The van der Waals surface area contributed by atoms with Crippen LogP contribution in [0.25, 0.3) is 11.5 Å². The van der Waals surface area contributed by atoms with E-state index in [0.29, 0.717) is 0 Å². The van der Waals surface area contributed by atoms with Gasteiger partial charge >= 0.3 is 0 Å². The molecule has 0 spiro atoms. The molecule has 0 bridgehead atoms. The maximum atomic E-state index is 5.34.